The topological polar surface area (TPSA) is 84.7 Å². The van der Waals surface area contributed by atoms with Gasteiger partial charge in [0, 0.05) is 50.6 Å². The number of imidazole rings is 2. The van der Waals surface area contributed by atoms with E-state index in [1.54, 1.807) is 40.5 Å². The van der Waals surface area contributed by atoms with E-state index in [0.29, 0.717) is 5.75 Å². The summed E-state index contributed by atoms with van der Waals surface area (Å²) >= 11 is 0. The summed E-state index contributed by atoms with van der Waals surface area (Å²) < 4.78 is 12.5. The standard InChI is InChI=1S/C21H21N7O2/c1-12-18(10-26(3)24-12)28-20-14-6-13(16-9-25(2)11-23-16)19(30-5)7-15(14)22-8-17(20)27(4)21(28)29/h6-11H,1-5H3. The molecule has 4 heterocycles. The summed E-state index contributed by atoms with van der Waals surface area (Å²) in [5.41, 5.74) is 5.26. The maximum atomic E-state index is 13.2. The zero-order chi connectivity index (χ0) is 21.2. The molecule has 0 aliphatic carbocycles. The van der Waals surface area contributed by atoms with E-state index < -0.39 is 0 Å². The molecule has 152 valence electrons. The molecule has 0 saturated carbocycles. The maximum Gasteiger partial charge on any atom is 0.333 e. The van der Waals surface area contributed by atoms with Crippen molar-refractivity contribution < 1.29 is 4.74 Å². The minimum atomic E-state index is -0.148. The highest BCUT2D eigenvalue weighted by Gasteiger charge is 2.21. The van der Waals surface area contributed by atoms with E-state index in [1.165, 1.54) is 0 Å². The third-order valence-electron chi connectivity index (χ3n) is 5.41. The Bertz CT molecular complexity index is 1500. The molecule has 5 rings (SSSR count). The number of hydrogen-bond donors (Lipinski definition) is 0. The van der Waals surface area contributed by atoms with Crippen molar-refractivity contribution in [1.29, 1.82) is 0 Å². The van der Waals surface area contributed by atoms with Gasteiger partial charge >= 0.3 is 5.69 Å². The molecule has 1 aromatic carbocycles. The van der Waals surface area contributed by atoms with Crippen LogP contribution in [0.4, 0.5) is 0 Å². The summed E-state index contributed by atoms with van der Waals surface area (Å²) in [6.07, 6.45) is 7.25. The predicted molar refractivity (Wildman–Crippen MR) is 114 cm³/mol. The van der Waals surface area contributed by atoms with E-state index >= 15 is 0 Å². The Morgan fingerprint density at radius 3 is 2.50 bits per heavy atom. The number of pyridine rings is 1. The fourth-order valence-corrected chi connectivity index (χ4v) is 3.98. The second-order valence-electron chi connectivity index (χ2n) is 7.44. The average Bonchev–Trinajstić information content (AvgIpc) is 3.37. The first-order valence-electron chi connectivity index (χ1n) is 9.46. The third-order valence-corrected chi connectivity index (χ3v) is 5.41. The molecule has 9 nitrogen and oxygen atoms in total. The van der Waals surface area contributed by atoms with E-state index in [4.69, 9.17) is 4.74 Å². The molecule has 0 spiro atoms. The van der Waals surface area contributed by atoms with E-state index in [1.807, 2.05) is 50.1 Å². The molecular formula is C21H21N7O2. The Morgan fingerprint density at radius 2 is 1.87 bits per heavy atom. The summed E-state index contributed by atoms with van der Waals surface area (Å²) in [6.45, 7) is 1.90. The molecule has 5 aromatic rings. The minimum absolute atomic E-state index is 0.148. The van der Waals surface area contributed by atoms with Crippen LogP contribution in [-0.2, 0) is 21.1 Å². The number of aromatic nitrogens is 7. The van der Waals surface area contributed by atoms with Crippen molar-refractivity contribution in [3.05, 3.63) is 53.2 Å². The first kappa shape index (κ1) is 18.2. The number of fused-ring (bicyclic) bond motifs is 3. The van der Waals surface area contributed by atoms with Gasteiger partial charge in [-0.05, 0) is 13.0 Å². The van der Waals surface area contributed by atoms with Crippen LogP contribution in [0.25, 0.3) is 38.9 Å². The number of ether oxygens (including phenoxy) is 1. The highest BCUT2D eigenvalue weighted by Crippen LogP contribution is 2.35. The number of benzene rings is 1. The zero-order valence-corrected chi connectivity index (χ0v) is 17.4. The Hall–Kier alpha value is -3.88. The number of rotatable bonds is 3. The van der Waals surface area contributed by atoms with Crippen LogP contribution in [0.1, 0.15) is 5.69 Å². The van der Waals surface area contributed by atoms with Gasteiger partial charge in [0.15, 0.2) is 0 Å². The monoisotopic (exact) mass is 403 g/mol. The summed E-state index contributed by atoms with van der Waals surface area (Å²) in [4.78, 5) is 22.3. The molecule has 0 unspecified atom stereocenters. The van der Waals surface area contributed by atoms with Gasteiger partial charge in [0.1, 0.15) is 5.75 Å². The highest BCUT2D eigenvalue weighted by atomic mass is 16.5. The van der Waals surface area contributed by atoms with Crippen molar-refractivity contribution in [3.8, 4) is 22.7 Å². The van der Waals surface area contributed by atoms with Gasteiger partial charge < -0.3 is 9.30 Å². The molecule has 0 radical (unpaired) electrons. The molecule has 30 heavy (non-hydrogen) atoms. The summed E-state index contributed by atoms with van der Waals surface area (Å²) in [6, 6.07) is 3.88. The lowest BCUT2D eigenvalue weighted by Crippen LogP contribution is -2.21. The van der Waals surface area contributed by atoms with E-state index in [9.17, 15) is 4.79 Å². The third kappa shape index (κ3) is 2.48. The molecular weight excluding hydrogens is 382 g/mol. The first-order chi connectivity index (χ1) is 14.4. The lowest BCUT2D eigenvalue weighted by Gasteiger charge is -2.10. The van der Waals surface area contributed by atoms with E-state index in [0.717, 1.165) is 44.6 Å². The Morgan fingerprint density at radius 1 is 1.07 bits per heavy atom. The number of nitrogens with zero attached hydrogens (tertiary/aromatic N) is 7. The van der Waals surface area contributed by atoms with E-state index in [2.05, 4.69) is 15.1 Å². The number of aryl methyl sites for hydroxylation is 4. The summed E-state index contributed by atoms with van der Waals surface area (Å²) in [5, 5.41) is 5.26. The van der Waals surface area contributed by atoms with Crippen LogP contribution in [0.3, 0.4) is 0 Å². The van der Waals surface area contributed by atoms with Crippen molar-refractivity contribution in [3.63, 3.8) is 0 Å². The largest absolute Gasteiger partial charge is 0.496 e. The van der Waals surface area contributed by atoms with Gasteiger partial charge in [-0.25, -0.2) is 9.78 Å². The first-order valence-corrected chi connectivity index (χ1v) is 9.46. The van der Waals surface area contributed by atoms with Crippen LogP contribution in [-0.4, -0.2) is 40.6 Å². The average molecular weight is 403 g/mol. The Balaban J connectivity index is 1.94. The van der Waals surface area contributed by atoms with Crippen molar-refractivity contribution in [2.24, 2.45) is 21.1 Å². The molecule has 9 heteroatoms. The normalized spacial score (nSPS) is 11.6. The van der Waals surface area contributed by atoms with Crippen LogP contribution in [0, 0.1) is 6.92 Å². The van der Waals surface area contributed by atoms with Crippen LogP contribution in [0.5, 0.6) is 5.75 Å². The van der Waals surface area contributed by atoms with Gasteiger partial charge in [0.2, 0.25) is 0 Å². The maximum absolute atomic E-state index is 13.2. The molecule has 0 aliphatic heterocycles. The zero-order valence-electron chi connectivity index (χ0n) is 17.4. The fraction of sp³-hybridized carbons (Fsp3) is 0.238. The van der Waals surface area contributed by atoms with Crippen molar-refractivity contribution in [2.75, 3.05) is 7.11 Å². The minimum Gasteiger partial charge on any atom is -0.496 e. The van der Waals surface area contributed by atoms with Crippen molar-refractivity contribution >= 4 is 21.9 Å². The number of methoxy groups -OCH3 is 1. The van der Waals surface area contributed by atoms with Gasteiger partial charge in [-0.1, -0.05) is 0 Å². The molecule has 0 fully saturated rings. The van der Waals surface area contributed by atoms with Gasteiger partial charge in [0.25, 0.3) is 0 Å². The van der Waals surface area contributed by atoms with Crippen LogP contribution in [0.2, 0.25) is 0 Å². The fourth-order valence-electron chi connectivity index (χ4n) is 3.98. The smallest absolute Gasteiger partial charge is 0.333 e. The van der Waals surface area contributed by atoms with Crippen molar-refractivity contribution in [1.82, 2.24) is 33.4 Å². The molecule has 4 aromatic heterocycles. The molecule has 0 amide bonds. The Kier molecular flexibility index (Phi) is 3.82. The van der Waals surface area contributed by atoms with Gasteiger partial charge in [-0.3, -0.25) is 18.8 Å². The predicted octanol–water partition coefficient (Wildman–Crippen LogP) is 2.33. The van der Waals surface area contributed by atoms with Crippen LogP contribution in [0.15, 0.2) is 41.8 Å². The van der Waals surface area contributed by atoms with Crippen LogP contribution < -0.4 is 10.4 Å². The summed E-state index contributed by atoms with van der Waals surface area (Å²) in [7, 11) is 7.15. The molecule has 0 saturated heterocycles. The molecule has 0 N–H and O–H groups in total. The molecule has 0 bridgehead atoms. The van der Waals surface area contributed by atoms with Crippen LogP contribution >= 0.6 is 0 Å². The summed E-state index contributed by atoms with van der Waals surface area (Å²) in [5.74, 6) is 0.676. The highest BCUT2D eigenvalue weighted by molar-refractivity contribution is 6.05. The van der Waals surface area contributed by atoms with E-state index in [-0.39, 0.29) is 5.69 Å². The Labute approximate surface area is 171 Å². The number of hydrogen-bond acceptors (Lipinski definition) is 5. The van der Waals surface area contributed by atoms with Gasteiger partial charge in [-0.15, -0.1) is 0 Å². The molecule has 0 aliphatic rings. The van der Waals surface area contributed by atoms with Gasteiger partial charge in [0.05, 0.1) is 53.3 Å². The lowest BCUT2D eigenvalue weighted by molar-refractivity contribution is 0.417. The second-order valence-corrected chi connectivity index (χ2v) is 7.44. The lowest BCUT2D eigenvalue weighted by atomic mass is 10.1. The second kappa shape index (κ2) is 6.31. The SMILES string of the molecule is COc1cc2ncc3c(c2cc1-c1cn(C)cn1)n(-c1cn(C)nc1C)c(=O)n3C. The van der Waals surface area contributed by atoms with Gasteiger partial charge in [-0.2, -0.15) is 5.10 Å². The quantitative estimate of drug-likeness (QED) is 0.462. The van der Waals surface area contributed by atoms with Crippen molar-refractivity contribution in [2.45, 2.75) is 6.92 Å². The molecule has 0 atom stereocenters.